The van der Waals surface area contributed by atoms with E-state index in [-0.39, 0.29) is 42.2 Å². The van der Waals surface area contributed by atoms with Gasteiger partial charge in [0.1, 0.15) is 29.5 Å². The summed E-state index contributed by atoms with van der Waals surface area (Å²) < 4.78 is 19.6. The standard InChI is InChI=1S/C47H63N3O7/c1-5-27-19-30(11-10-28(27)15-17-51)34-20-32-22-38(53)33(18-26(2)3)21-35(32)45-43(55-4)25-41-36(44(34)45)24-39(54)46(57-41)31-12-13-37(52)42(23-31)56-40-9-7-6-8-29(40)14-16-50-47(48)49/h10-13,21-23,25-30,34,39-40,46,51-54H,5-9,14-20,24H2,1-4H3,(H4,48,49,50)/t27-,28+,29-,30-,34-,39-,40+,46+/m1/s1. The number of phenols is 2. The van der Waals surface area contributed by atoms with Gasteiger partial charge in [-0.1, -0.05) is 51.8 Å². The summed E-state index contributed by atoms with van der Waals surface area (Å²) in [6, 6.07) is 11.3. The van der Waals surface area contributed by atoms with Gasteiger partial charge in [0.15, 0.2) is 17.5 Å². The van der Waals surface area contributed by atoms with E-state index in [1.54, 1.807) is 19.2 Å². The monoisotopic (exact) mass is 781 g/mol. The summed E-state index contributed by atoms with van der Waals surface area (Å²) in [5, 5.41) is 44.1. The van der Waals surface area contributed by atoms with Gasteiger partial charge in [-0.3, -0.25) is 4.99 Å². The number of ether oxygens (including phenoxy) is 3. The topological polar surface area (TPSA) is 173 Å². The molecule has 10 nitrogen and oxygen atoms in total. The Hall–Kier alpha value is -4.41. The first-order valence-electron chi connectivity index (χ1n) is 21.3. The fraction of sp³-hybridized carbons (Fsp3) is 0.553. The highest BCUT2D eigenvalue weighted by molar-refractivity contribution is 5.84. The van der Waals surface area contributed by atoms with Crippen LogP contribution in [-0.2, 0) is 19.3 Å². The van der Waals surface area contributed by atoms with Crippen LogP contribution in [-0.4, -0.2) is 58.9 Å². The quantitative estimate of drug-likeness (QED) is 0.0574. The first-order chi connectivity index (χ1) is 27.5. The lowest BCUT2D eigenvalue weighted by atomic mass is 9.65. The summed E-state index contributed by atoms with van der Waals surface area (Å²) in [7, 11) is 1.70. The lowest BCUT2D eigenvalue weighted by molar-refractivity contribution is 0.0197. The predicted molar refractivity (Wildman–Crippen MR) is 224 cm³/mol. The summed E-state index contributed by atoms with van der Waals surface area (Å²) in [5.41, 5.74) is 18.1. The first-order valence-corrected chi connectivity index (χ1v) is 21.3. The van der Waals surface area contributed by atoms with Gasteiger partial charge in [0.2, 0.25) is 0 Å². The third kappa shape index (κ3) is 8.58. The van der Waals surface area contributed by atoms with Crippen molar-refractivity contribution in [3.63, 3.8) is 0 Å². The molecule has 0 spiro atoms. The van der Waals surface area contributed by atoms with E-state index in [0.29, 0.717) is 53.7 Å². The Morgan fingerprint density at radius 2 is 1.77 bits per heavy atom. The Balaban J connectivity index is 1.26. The Labute approximate surface area is 338 Å². The Kier molecular flexibility index (Phi) is 12.6. The number of hydrogen-bond acceptors (Lipinski definition) is 8. The number of benzene rings is 3. The largest absolute Gasteiger partial charge is 0.508 e. The lowest BCUT2D eigenvalue weighted by Crippen LogP contribution is -2.34. The molecule has 0 bridgehead atoms. The van der Waals surface area contributed by atoms with Gasteiger partial charge in [0.25, 0.3) is 0 Å². The fourth-order valence-corrected chi connectivity index (χ4v) is 10.3. The van der Waals surface area contributed by atoms with Crippen LogP contribution in [0.3, 0.4) is 0 Å². The number of nitrogens with two attached hydrogens (primary N) is 2. The van der Waals surface area contributed by atoms with Gasteiger partial charge in [0.05, 0.1) is 13.2 Å². The zero-order valence-corrected chi connectivity index (χ0v) is 34.1. The minimum atomic E-state index is -0.869. The van der Waals surface area contributed by atoms with Crippen LogP contribution in [0.2, 0.25) is 0 Å². The number of hydrogen-bond donors (Lipinski definition) is 6. The highest BCUT2D eigenvalue weighted by Crippen LogP contribution is 2.56. The van der Waals surface area contributed by atoms with Gasteiger partial charge >= 0.3 is 0 Å². The molecular formula is C47H63N3O7. The third-order valence-corrected chi connectivity index (χ3v) is 13.2. The van der Waals surface area contributed by atoms with E-state index in [2.05, 4.69) is 44.0 Å². The van der Waals surface area contributed by atoms with Crippen molar-refractivity contribution in [1.82, 2.24) is 0 Å². The molecule has 10 heteroatoms. The van der Waals surface area contributed by atoms with Crippen molar-refractivity contribution in [3.8, 4) is 39.9 Å². The van der Waals surface area contributed by atoms with Gasteiger partial charge in [-0.05, 0) is 139 Å². The van der Waals surface area contributed by atoms with Gasteiger partial charge in [0, 0.05) is 36.8 Å². The molecule has 0 unspecified atom stereocenters. The molecule has 3 aromatic carbocycles. The number of phenolic OH excluding ortho intramolecular Hbond substituents is 2. The molecule has 7 rings (SSSR count). The second-order valence-corrected chi connectivity index (χ2v) is 17.4. The van der Waals surface area contributed by atoms with Crippen LogP contribution in [0.4, 0.5) is 0 Å². The molecule has 57 heavy (non-hydrogen) atoms. The van der Waals surface area contributed by atoms with Gasteiger partial charge in [-0.15, -0.1) is 0 Å². The number of aliphatic hydroxyl groups excluding tert-OH is 2. The molecule has 308 valence electrons. The Morgan fingerprint density at radius 1 is 0.965 bits per heavy atom. The minimum absolute atomic E-state index is 0.0465. The molecule has 3 aromatic rings. The van der Waals surface area contributed by atoms with E-state index in [0.717, 1.165) is 103 Å². The number of aliphatic hydroxyl groups is 2. The van der Waals surface area contributed by atoms with Crippen LogP contribution in [0.25, 0.3) is 11.1 Å². The zero-order valence-electron chi connectivity index (χ0n) is 34.1. The summed E-state index contributed by atoms with van der Waals surface area (Å²) >= 11 is 0. The molecule has 4 aliphatic rings. The van der Waals surface area contributed by atoms with Crippen LogP contribution < -0.4 is 25.7 Å². The number of aromatic hydroxyl groups is 2. The highest BCUT2D eigenvalue weighted by Gasteiger charge is 2.42. The van der Waals surface area contributed by atoms with Gasteiger partial charge in [-0.2, -0.15) is 0 Å². The van der Waals surface area contributed by atoms with Crippen LogP contribution in [0.1, 0.15) is 112 Å². The second kappa shape index (κ2) is 17.6. The number of methoxy groups -OCH3 is 1. The summed E-state index contributed by atoms with van der Waals surface area (Å²) in [4.78, 5) is 4.19. The number of nitrogens with zero attached hydrogens (tertiary/aromatic N) is 1. The van der Waals surface area contributed by atoms with Crippen molar-refractivity contribution in [2.75, 3.05) is 20.3 Å². The van der Waals surface area contributed by atoms with E-state index in [1.807, 2.05) is 18.2 Å². The number of aliphatic imine (C=N–C) groups is 1. The number of fused-ring (bicyclic) bond motifs is 5. The maximum atomic E-state index is 12.0. The van der Waals surface area contributed by atoms with E-state index >= 15 is 0 Å². The van der Waals surface area contributed by atoms with Crippen LogP contribution in [0.15, 0.2) is 53.5 Å². The van der Waals surface area contributed by atoms with E-state index < -0.39 is 12.2 Å². The second-order valence-electron chi connectivity index (χ2n) is 17.4. The van der Waals surface area contributed by atoms with E-state index in [1.165, 1.54) is 0 Å². The summed E-state index contributed by atoms with van der Waals surface area (Å²) in [6.45, 7) is 7.26. The molecule has 1 heterocycles. The molecule has 1 aliphatic heterocycles. The van der Waals surface area contributed by atoms with Crippen molar-refractivity contribution < 1.29 is 34.6 Å². The predicted octanol–water partition coefficient (Wildman–Crippen LogP) is 7.85. The van der Waals surface area contributed by atoms with Crippen molar-refractivity contribution >= 4 is 5.96 Å². The average Bonchev–Trinajstić information content (AvgIpc) is 3.19. The maximum Gasteiger partial charge on any atom is 0.185 e. The van der Waals surface area contributed by atoms with Gasteiger partial charge in [-0.25, -0.2) is 0 Å². The lowest BCUT2D eigenvalue weighted by Gasteiger charge is -2.42. The van der Waals surface area contributed by atoms with Crippen molar-refractivity contribution in [3.05, 3.63) is 76.4 Å². The molecule has 1 saturated carbocycles. The van der Waals surface area contributed by atoms with Gasteiger partial charge < -0.3 is 46.1 Å². The average molecular weight is 782 g/mol. The molecule has 0 aromatic heterocycles. The molecular weight excluding hydrogens is 719 g/mol. The van der Waals surface area contributed by atoms with Crippen molar-refractivity contribution in [1.29, 1.82) is 0 Å². The number of rotatable bonds is 13. The summed E-state index contributed by atoms with van der Waals surface area (Å²) in [5.74, 6) is 3.90. The summed E-state index contributed by atoms with van der Waals surface area (Å²) in [6.07, 6.45) is 12.5. The highest BCUT2D eigenvalue weighted by atomic mass is 16.5. The van der Waals surface area contributed by atoms with E-state index in [9.17, 15) is 20.4 Å². The van der Waals surface area contributed by atoms with Crippen LogP contribution in [0.5, 0.6) is 28.7 Å². The van der Waals surface area contributed by atoms with Crippen LogP contribution in [0, 0.1) is 29.6 Å². The molecule has 1 fully saturated rings. The van der Waals surface area contributed by atoms with Crippen molar-refractivity contribution in [2.45, 2.75) is 116 Å². The maximum absolute atomic E-state index is 12.0. The molecule has 8 N–H and O–H groups in total. The smallest absolute Gasteiger partial charge is 0.185 e. The first kappa shape index (κ1) is 40.8. The van der Waals surface area contributed by atoms with E-state index in [4.69, 9.17) is 25.7 Å². The molecule has 0 amide bonds. The molecule has 8 atom stereocenters. The van der Waals surface area contributed by atoms with Crippen LogP contribution >= 0.6 is 0 Å². The minimum Gasteiger partial charge on any atom is -0.508 e. The molecule has 0 radical (unpaired) electrons. The Morgan fingerprint density at radius 3 is 2.51 bits per heavy atom. The normalized spacial score (nSPS) is 26.5. The third-order valence-electron chi connectivity index (χ3n) is 13.2. The SMILES string of the molecule is CC[C@@H]1C[C@H]([C@H]2Cc3cc(O)c(CC(C)C)cc3-c3c(OC)cc4c(c32)C[C@@H](O)[C@H](c2ccc(O)c(O[C@H]3CCCC[C@@H]3CCN=C(N)N)c2)O4)C=C[C@H]1CCO. The van der Waals surface area contributed by atoms with Crippen molar-refractivity contribution in [2.24, 2.45) is 46.0 Å². The molecule has 3 aliphatic carbocycles. The number of allylic oxidation sites excluding steroid dienone is 2. The number of guanidine groups is 1. The zero-order chi connectivity index (χ0) is 40.4. The Bertz CT molecular complexity index is 1960. The fourth-order valence-electron chi connectivity index (χ4n) is 10.3. The molecule has 0 saturated heterocycles.